The zero-order chi connectivity index (χ0) is 22.5. The predicted molar refractivity (Wildman–Crippen MR) is 108 cm³/mol. The zero-order valence-corrected chi connectivity index (χ0v) is 17.3. The van der Waals surface area contributed by atoms with E-state index in [2.05, 4.69) is 5.32 Å². The van der Waals surface area contributed by atoms with Crippen LogP contribution in [-0.4, -0.2) is 38.5 Å². The number of benzene rings is 1. The van der Waals surface area contributed by atoms with Gasteiger partial charge in [-0.25, -0.2) is 8.78 Å². The lowest BCUT2D eigenvalue weighted by Gasteiger charge is -2.40. The van der Waals surface area contributed by atoms with Crippen molar-refractivity contribution in [2.45, 2.75) is 44.9 Å². The maximum absolute atomic E-state index is 14.1. The van der Waals surface area contributed by atoms with E-state index < -0.39 is 28.7 Å². The normalized spacial score (nSPS) is 28.9. The summed E-state index contributed by atoms with van der Waals surface area (Å²) in [4.78, 5) is 40.4. The standard InChI is InChI=1S/C23H21F2N3O4/c1-9-2-16(25)10(3-15(9)24)6-26-22(31)14-7-27-8-18-13-5-17(12-4-11(12)13)28(18)23(32)19(27)21(30)20(14)29/h2-3,7,11-13,17-18,30H,4-6,8H2,1H3,(H,26,31)/t11-,12+,13?,17?,18+/m1/s1. The number of fused-ring (bicyclic) bond motifs is 9. The third kappa shape index (κ3) is 2.53. The Bertz CT molecular complexity index is 1270. The number of pyridine rings is 1. The molecular formula is C23H21F2N3O4. The first-order valence-electron chi connectivity index (χ1n) is 10.8. The Hall–Kier alpha value is -3.23. The van der Waals surface area contributed by atoms with Crippen LogP contribution >= 0.6 is 0 Å². The second kappa shape index (κ2) is 6.40. The molecule has 3 fully saturated rings. The third-order valence-corrected chi connectivity index (χ3v) is 7.75. The van der Waals surface area contributed by atoms with Crippen LogP contribution in [0.15, 0.2) is 23.1 Å². The van der Waals surface area contributed by atoms with Gasteiger partial charge in [-0.05, 0) is 55.2 Å². The van der Waals surface area contributed by atoms with Gasteiger partial charge in [0.1, 0.15) is 17.2 Å². The monoisotopic (exact) mass is 441 g/mol. The highest BCUT2D eigenvalue weighted by Gasteiger charge is 2.66. The van der Waals surface area contributed by atoms with Gasteiger partial charge in [0.15, 0.2) is 11.4 Å². The van der Waals surface area contributed by atoms with Gasteiger partial charge < -0.3 is 19.9 Å². The van der Waals surface area contributed by atoms with Crippen LogP contribution in [0.1, 0.15) is 44.8 Å². The second-order valence-corrected chi connectivity index (χ2v) is 9.41. The number of nitrogens with zero attached hydrogens (tertiary/aromatic N) is 2. The van der Waals surface area contributed by atoms with Crippen LogP contribution in [0.3, 0.4) is 0 Å². The molecular weight excluding hydrogens is 420 g/mol. The summed E-state index contributed by atoms with van der Waals surface area (Å²) >= 11 is 0. The highest BCUT2D eigenvalue weighted by Crippen LogP contribution is 2.64. The van der Waals surface area contributed by atoms with Gasteiger partial charge in [0.05, 0.1) is 6.04 Å². The fraction of sp³-hybridized carbons (Fsp3) is 0.435. The average molecular weight is 441 g/mol. The summed E-state index contributed by atoms with van der Waals surface area (Å²) in [6.07, 6.45) is 3.38. The zero-order valence-electron chi connectivity index (χ0n) is 17.3. The third-order valence-electron chi connectivity index (χ3n) is 7.75. The Labute approximate surface area is 181 Å². The minimum atomic E-state index is -0.954. The van der Waals surface area contributed by atoms with Crippen LogP contribution in [0.25, 0.3) is 0 Å². The molecule has 166 valence electrons. The molecule has 6 rings (SSSR count). The van der Waals surface area contributed by atoms with Crippen LogP contribution in [0.5, 0.6) is 5.75 Å². The molecule has 1 aromatic heterocycles. The van der Waals surface area contributed by atoms with Crippen molar-refractivity contribution in [2.24, 2.45) is 17.8 Å². The molecule has 2 saturated carbocycles. The number of aromatic nitrogens is 1. The molecule has 2 bridgehead atoms. The number of rotatable bonds is 3. The van der Waals surface area contributed by atoms with E-state index in [0.29, 0.717) is 24.3 Å². The van der Waals surface area contributed by atoms with Crippen molar-refractivity contribution < 1.29 is 23.5 Å². The molecule has 32 heavy (non-hydrogen) atoms. The predicted octanol–water partition coefficient (Wildman–Crippen LogP) is 1.93. The number of hydrogen-bond donors (Lipinski definition) is 2. The van der Waals surface area contributed by atoms with E-state index in [0.717, 1.165) is 25.0 Å². The minimum absolute atomic E-state index is 0.00573. The number of aromatic hydroxyl groups is 1. The maximum Gasteiger partial charge on any atom is 0.275 e. The Morgan fingerprint density at radius 2 is 1.88 bits per heavy atom. The molecule has 7 nitrogen and oxygen atoms in total. The minimum Gasteiger partial charge on any atom is -0.503 e. The highest BCUT2D eigenvalue weighted by molar-refractivity contribution is 5.99. The van der Waals surface area contributed by atoms with Crippen LogP contribution in [0.4, 0.5) is 8.78 Å². The molecule has 2 aliphatic heterocycles. The molecule has 2 unspecified atom stereocenters. The number of piperidine rings is 1. The molecule has 2 aromatic rings. The molecule has 0 spiro atoms. The van der Waals surface area contributed by atoms with Gasteiger partial charge >= 0.3 is 0 Å². The van der Waals surface area contributed by atoms with Gasteiger partial charge in [0, 0.05) is 30.9 Å². The number of carbonyl (C=O) groups excluding carboxylic acids is 2. The molecule has 2 amide bonds. The number of carbonyl (C=O) groups is 2. The van der Waals surface area contributed by atoms with Gasteiger partial charge in [-0.15, -0.1) is 0 Å². The van der Waals surface area contributed by atoms with E-state index in [1.54, 1.807) is 0 Å². The summed E-state index contributed by atoms with van der Waals surface area (Å²) in [6.45, 7) is 1.52. The first-order valence-corrected chi connectivity index (χ1v) is 10.8. The highest BCUT2D eigenvalue weighted by atomic mass is 19.1. The molecule has 1 saturated heterocycles. The Balaban J connectivity index is 1.30. The van der Waals surface area contributed by atoms with E-state index in [4.69, 9.17) is 0 Å². The fourth-order valence-corrected chi connectivity index (χ4v) is 6.14. The molecule has 2 aliphatic carbocycles. The summed E-state index contributed by atoms with van der Waals surface area (Å²) in [5, 5.41) is 12.9. The topological polar surface area (TPSA) is 91.6 Å². The Morgan fingerprint density at radius 1 is 1.12 bits per heavy atom. The lowest BCUT2D eigenvalue weighted by Crippen LogP contribution is -2.53. The van der Waals surface area contributed by atoms with Crippen LogP contribution in [0, 0.1) is 36.3 Å². The van der Waals surface area contributed by atoms with E-state index in [1.807, 2.05) is 4.90 Å². The van der Waals surface area contributed by atoms with Crippen LogP contribution < -0.4 is 10.7 Å². The maximum atomic E-state index is 14.1. The average Bonchev–Trinajstić information content (AvgIpc) is 3.37. The number of hydrogen-bond acceptors (Lipinski definition) is 4. The van der Waals surface area contributed by atoms with Crippen molar-refractivity contribution in [3.05, 3.63) is 62.6 Å². The summed E-state index contributed by atoms with van der Waals surface area (Å²) in [7, 11) is 0. The first-order chi connectivity index (χ1) is 15.3. The molecule has 5 atom stereocenters. The van der Waals surface area contributed by atoms with Gasteiger partial charge in [-0.1, -0.05) is 0 Å². The summed E-state index contributed by atoms with van der Waals surface area (Å²) in [5.41, 5.74) is -1.29. The molecule has 1 aromatic carbocycles. The van der Waals surface area contributed by atoms with Crippen molar-refractivity contribution in [3.63, 3.8) is 0 Å². The number of halogens is 2. The summed E-state index contributed by atoms with van der Waals surface area (Å²) in [6, 6.07) is 2.22. The number of amides is 2. The van der Waals surface area contributed by atoms with Crippen molar-refractivity contribution in [1.82, 2.24) is 14.8 Å². The summed E-state index contributed by atoms with van der Waals surface area (Å²) < 4.78 is 29.3. The molecule has 2 N–H and O–H groups in total. The van der Waals surface area contributed by atoms with Crippen LogP contribution in [0.2, 0.25) is 0 Å². The lowest BCUT2D eigenvalue weighted by molar-refractivity contribution is 0.0465. The van der Waals surface area contributed by atoms with E-state index >= 15 is 0 Å². The van der Waals surface area contributed by atoms with Crippen molar-refractivity contribution >= 4 is 11.8 Å². The SMILES string of the molecule is Cc1cc(F)c(CNC(=O)c2cn3c(c(O)c2=O)C(=O)N2C4CC([C@@H]5C[C@H]45)[C@@H]2C3)cc1F. The van der Waals surface area contributed by atoms with Crippen LogP contribution in [-0.2, 0) is 13.1 Å². The van der Waals surface area contributed by atoms with Crippen molar-refractivity contribution in [3.8, 4) is 5.75 Å². The smallest absolute Gasteiger partial charge is 0.275 e. The van der Waals surface area contributed by atoms with Gasteiger partial charge in [-0.2, -0.15) is 0 Å². The van der Waals surface area contributed by atoms with Crippen molar-refractivity contribution in [1.29, 1.82) is 0 Å². The molecule has 9 heteroatoms. The van der Waals surface area contributed by atoms with E-state index in [-0.39, 0.29) is 46.9 Å². The summed E-state index contributed by atoms with van der Waals surface area (Å²) in [5.74, 6) is -1.61. The van der Waals surface area contributed by atoms with E-state index in [1.165, 1.54) is 17.7 Å². The largest absolute Gasteiger partial charge is 0.503 e. The quantitative estimate of drug-likeness (QED) is 0.762. The van der Waals surface area contributed by atoms with E-state index in [9.17, 15) is 28.3 Å². The lowest BCUT2D eigenvalue weighted by atomic mass is 9.94. The molecule has 4 aliphatic rings. The van der Waals surface area contributed by atoms with Gasteiger partial charge in [0.2, 0.25) is 5.43 Å². The number of nitrogens with one attached hydrogen (secondary N) is 1. The van der Waals surface area contributed by atoms with Gasteiger partial charge in [-0.3, -0.25) is 14.4 Å². The molecule has 3 heterocycles. The Morgan fingerprint density at radius 3 is 2.66 bits per heavy atom. The Kier molecular flexibility index (Phi) is 3.89. The first kappa shape index (κ1) is 19.5. The molecule has 0 radical (unpaired) electrons. The van der Waals surface area contributed by atoms with Crippen molar-refractivity contribution in [2.75, 3.05) is 0 Å². The second-order valence-electron chi connectivity index (χ2n) is 9.41. The fourth-order valence-electron chi connectivity index (χ4n) is 6.14. The number of aryl methyl sites for hydroxylation is 1. The van der Waals surface area contributed by atoms with Gasteiger partial charge in [0.25, 0.3) is 11.8 Å².